The molecule has 1 atom stereocenters. The summed E-state index contributed by atoms with van der Waals surface area (Å²) in [5, 5.41) is 6.72. The van der Waals surface area contributed by atoms with Gasteiger partial charge in [0, 0.05) is 31.6 Å². The number of amides is 1. The highest BCUT2D eigenvalue weighted by Crippen LogP contribution is 2.29. The maximum absolute atomic E-state index is 11.7. The number of piperidine rings is 2. The Morgan fingerprint density at radius 2 is 1.95 bits per heavy atom. The van der Waals surface area contributed by atoms with Crippen molar-refractivity contribution >= 4 is 5.91 Å². The van der Waals surface area contributed by atoms with Crippen LogP contribution in [-0.4, -0.2) is 49.6 Å². The minimum atomic E-state index is 0.315. The Labute approximate surface area is 116 Å². The fourth-order valence-electron chi connectivity index (χ4n) is 3.37. The maximum Gasteiger partial charge on any atom is 0.223 e. The molecule has 1 saturated carbocycles. The van der Waals surface area contributed by atoms with Gasteiger partial charge in [-0.2, -0.15) is 0 Å². The van der Waals surface area contributed by atoms with Gasteiger partial charge < -0.3 is 15.5 Å². The van der Waals surface area contributed by atoms with E-state index < -0.39 is 0 Å². The third kappa shape index (κ3) is 3.93. The molecule has 2 aliphatic heterocycles. The normalized spacial score (nSPS) is 30.2. The average molecular weight is 265 g/mol. The fourth-order valence-corrected chi connectivity index (χ4v) is 3.37. The molecule has 1 amide bonds. The predicted molar refractivity (Wildman–Crippen MR) is 75.9 cm³/mol. The molecule has 3 rings (SSSR count). The zero-order valence-electron chi connectivity index (χ0n) is 11.9. The van der Waals surface area contributed by atoms with Crippen molar-refractivity contribution in [2.75, 3.05) is 32.7 Å². The molecule has 4 heteroatoms. The molecule has 1 unspecified atom stereocenters. The lowest BCUT2D eigenvalue weighted by Crippen LogP contribution is -2.47. The van der Waals surface area contributed by atoms with Gasteiger partial charge in [0.25, 0.3) is 0 Å². The van der Waals surface area contributed by atoms with Crippen LogP contribution in [0, 0.1) is 11.8 Å². The SMILES string of the molecule is O=C(NC1CCN(CC2CCCNC2)CC1)C1CC1. The molecule has 4 nitrogen and oxygen atoms in total. The standard InChI is InChI=1S/C15H27N3O/c19-15(13-3-4-13)17-14-5-8-18(9-6-14)11-12-2-1-7-16-10-12/h12-14,16H,1-11H2,(H,17,19). The number of carbonyl (C=O) groups is 1. The first-order chi connectivity index (χ1) is 9.31. The predicted octanol–water partition coefficient (Wildman–Crippen LogP) is 0.977. The van der Waals surface area contributed by atoms with Crippen LogP contribution < -0.4 is 10.6 Å². The Bertz CT molecular complexity index is 303. The van der Waals surface area contributed by atoms with Crippen LogP contribution >= 0.6 is 0 Å². The van der Waals surface area contributed by atoms with Crippen LogP contribution in [0.5, 0.6) is 0 Å². The van der Waals surface area contributed by atoms with E-state index in [-0.39, 0.29) is 0 Å². The second-order valence-corrected chi connectivity index (χ2v) is 6.57. The van der Waals surface area contributed by atoms with Crippen LogP contribution in [-0.2, 0) is 4.79 Å². The molecule has 2 N–H and O–H groups in total. The highest BCUT2D eigenvalue weighted by molar-refractivity contribution is 5.81. The third-order valence-corrected chi connectivity index (χ3v) is 4.80. The molecule has 0 aromatic carbocycles. The van der Waals surface area contributed by atoms with E-state index in [1.165, 1.54) is 32.5 Å². The van der Waals surface area contributed by atoms with Gasteiger partial charge in [0.2, 0.25) is 5.91 Å². The van der Waals surface area contributed by atoms with E-state index in [1.54, 1.807) is 0 Å². The number of nitrogens with zero attached hydrogens (tertiary/aromatic N) is 1. The van der Waals surface area contributed by atoms with Crippen molar-refractivity contribution in [3.05, 3.63) is 0 Å². The summed E-state index contributed by atoms with van der Waals surface area (Å²) < 4.78 is 0. The van der Waals surface area contributed by atoms with Crippen LogP contribution in [0.15, 0.2) is 0 Å². The van der Waals surface area contributed by atoms with Crippen molar-refractivity contribution in [2.24, 2.45) is 11.8 Å². The molecule has 0 radical (unpaired) electrons. The lowest BCUT2D eigenvalue weighted by atomic mass is 9.97. The summed E-state index contributed by atoms with van der Waals surface area (Å²) in [6.45, 7) is 5.96. The van der Waals surface area contributed by atoms with Crippen molar-refractivity contribution in [1.29, 1.82) is 0 Å². The summed E-state index contributed by atoms with van der Waals surface area (Å²) in [6.07, 6.45) is 7.21. The first kappa shape index (κ1) is 13.4. The molecule has 0 aromatic heterocycles. The quantitative estimate of drug-likeness (QED) is 0.796. The number of carbonyl (C=O) groups excluding carboxylic acids is 1. The summed E-state index contributed by atoms with van der Waals surface area (Å²) >= 11 is 0. The summed E-state index contributed by atoms with van der Waals surface area (Å²) in [5.41, 5.74) is 0. The molecular weight excluding hydrogens is 238 g/mol. The van der Waals surface area contributed by atoms with Crippen LogP contribution in [0.25, 0.3) is 0 Å². The molecular formula is C15H27N3O. The molecule has 1 aliphatic carbocycles. The van der Waals surface area contributed by atoms with Gasteiger partial charge >= 0.3 is 0 Å². The smallest absolute Gasteiger partial charge is 0.223 e. The van der Waals surface area contributed by atoms with Crippen molar-refractivity contribution in [1.82, 2.24) is 15.5 Å². The van der Waals surface area contributed by atoms with Crippen LogP contribution in [0.1, 0.15) is 38.5 Å². The lowest BCUT2D eigenvalue weighted by Gasteiger charge is -2.35. The summed E-state index contributed by atoms with van der Waals surface area (Å²) in [5.74, 6) is 1.51. The number of hydrogen-bond donors (Lipinski definition) is 2. The average Bonchev–Trinajstić information content (AvgIpc) is 3.27. The van der Waals surface area contributed by atoms with Crippen molar-refractivity contribution < 1.29 is 4.79 Å². The monoisotopic (exact) mass is 265 g/mol. The van der Waals surface area contributed by atoms with Crippen molar-refractivity contribution in [2.45, 2.75) is 44.6 Å². The molecule has 3 aliphatic rings. The van der Waals surface area contributed by atoms with Crippen LogP contribution in [0.4, 0.5) is 0 Å². The Hall–Kier alpha value is -0.610. The highest BCUT2D eigenvalue weighted by atomic mass is 16.2. The minimum Gasteiger partial charge on any atom is -0.353 e. The lowest BCUT2D eigenvalue weighted by molar-refractivity contribution is -0.123. The molecule has 2 saturated heterocycles. The topological polar surface area (TPSA) is 44.4 Å². The van der Waals surface area contributed by atoms with Gasteiger partial charge in [-0.15, -0.1) is 0 Å². The van der Waals surface area contributed by atoms with Crippen LogP contribution in [0.2, 0.25) is 0 Å². The molecule has 0 aromatic rings. The van der Waals surface area contributed by atoms with Gasteiger partial charge in [0.1, 0.15) is 0 Å². The van der Waals surface area contributed by atoms with E-state index in [9.17, 15) is 4.79 Å². The molecule has 0 bridgehead atoms. The molecule has 108 valence electrons. The Kier molecular flexibility index (Phi) is 4.38. The van der Waals surface area contributed by atoms with Crippen molar-refractivity contribution in [3.8, 4) is 0 Å². The zero-order valence-corrected chi connectivity index (χ0v) is 11.9. The molecule has 3 fully saturated rings. The van der Waals surface area contributed by atoms with E-state index in [0.29, 0.717) is 17.9 Å². The zero-order chi connectivity index (χ0) is 13.1. The molecule has 19 heavy (non-hydrogen) atoms. The summed E-state index contributed by atoms with van der Waals surface area (Å²) in [4.78, 5) is 14.3. The van der Waals surface area contributed by atoms with Gasteiger partial charge in [-0.3, -0.25) is 4.79 Å². The van der Waals surface area contributed by atoms with Crippen molar-refractivity contribution in [3.63, 3.8) is 0 Å². The van der Waals surface area contributed by atoms with E-state index in [2.05, 4.69) is 15.5 Å². The molecule has 0 spiro atoms. The second-order valence-electron chi connectivity index (χ2n) is 6.57. The third-order valence-electron chi connectivity index (χ3n) is 4.80. The van der Waals surface area contributed by atoms with E-state index >= 15 is 0 Å². The van der Waals surface area contributed by atoms with Crippen LogP contribution in [0.3, 0.4) is 0 Å². The van der Waals surface area contributed by atoms with Gasteiger partial charge in [-0.05, 0) is 57.5 Å². The Morgan fingerprint density at radius 1 is 1.16 bits per heavy atom. The number of likely N-dealkylation sites (tertiary alicyclic amines) is 1. The summed E-state index contributed by atoms with van der Waals surface area (Å²) in [7, 11) is 0. The van der Waals surface area contributed by atoms with Gasteiger partial charge in [-0.25, -0.2) is 0 Å². The largest absolute Gasteiger partial charge is 0.353 e. The van der Waals surface area contributed by atoms with Gasteiger partial charge in [-0.1, -0.05) is 0 Å². The van der Waals surface area contributed by atoms with E-state index in [4.69, 9.17) is 0 Å². The first-order valence-corrected chi connectivity index (χ1v) is 8.05. The first-order valence-electron chi connectivity index (χ1n) is 8.05. The number of rotatable bonds is 4. The Morgan fingerprint density at radius 3 is 2.58 bits per heavy atom. The van der Waals surface area contributed by atoms with Gasteiger partial charge in [0.15, 0.2) is 0 Å². The highest BCUT2D eigenvalue weighted by Gasteiger charge is 2.32. The number of nitrogens with one attached hydrogen (secondary N) is 2. The minimum absolute atomic E-state index is 0.315. The second kappa shape index (κ2) is 6.23. The summed E-state index contributed by atoms with van der Waals surface area (Å²) in [6, 6.07) is 0.439. The maximum atomic E-state index is 11.7. The fraction of sp³-hybridized carbons (Fsp3) is 0.933. The molecule has 2 heterocycles. The number of hydrogen-bond acceptors (Lipinski definition) is 3. The van der Waals surface area contributed by atoms with E-state index in [0.717, 1.165) is 44.7 Å². The van der Waals surface area contributed by atoms with Gasteiger partial charge in [0.05, 0.1) is 0 Å². The van der Waals surface area contributed by atoms with E-state index in [1.807, 2.05) is 0 Å². The Balaban J connectivity index is 1.35.